The van der Waals surface area contributed by atoms with Crippen LogP contribution in [0.25, 0.3) is 0 Å². The third-order valence-corrected chi connectivity index (χ3v) is 13.1. The fourth-order valence-corrected chi connectivity index (χ4v) is 8.45. The number of ether oxygens (including phenoxy) is 3. The normalized spacial score (nSPS) is 12.7. The number of esters is 3. The number of carbonyl (C=O) groups is 3. The van der Waals surface area contributed by atoms with Crippen molar-refractivity contribution in [3.8, 4) is 0 Å². The molecule has 1 atom stereocenters. The zero-order valence-corrected chi connectivity index (χ0v) is 47.4. The number of unbranched alkanes of at least 4 members (excludes halogenated alkanes) is 30. The van der Waals surface area contributed by atoms with Crippen molar-refractivity contribution in [2.24, 2.45) is 0 Å². The molecule has 0 bridgehead atoms. The Balaban J connectivity index is 4.43. The van der Waals surface area contributed by atoms with E-state index in [1.165, 1.54) is 148 Å². The van der Waals surface area contributed by atoms with Crippen molar-refractivity contribution >= 4 is 17.9 Å². The second-order valence-electron chi connectivity index (χ2n) is 20.2. The van der Waals surface area contributed by atoms with Gasteiger partial charge < -0.3 is 14.2 Å². The molecule has 0 aliphatic carbocycles. The van der Waals surface area contributed by atoms with Crippen molar-refractivity contribution in [1.82, 2.24) is 0 Å². The molecule has 0 saturated carbocycles. The molecule has 0 aromatic heterocycles. The molecule has 0 heterocycles. The summed E-state index contributed by atoms with van der Waals surface area (Å²) < 4.78 is 16.9. The zero-order chi connectivity index (χ0) is 52.2. The summed E-state index contributed by atoms with van der Waals surface area (Å²) >= 11 is 0. The highest BCUT2D eigenvalue weighted by atomic mass is 16.6. The number of allylic oxidation sites excluding steroid dienone is 14. The first kappa shape index (κ1) is 68.6. The Bertz CT molecular complexity index is 1380. The third-order valence-electron chi connectivity index (χ3n) is 13.1. The van der Waals surface area contributed by atoms with Crippen molar-refractivity contribution in [1.29, 1.82) is 0 Å². The summed E-state index contributed by atoms with van der Waals surface area (Å²) in [4.78, 5) is 38.2. The van der Waals surface area contributed by atoms with Crippen LogP contribution in [0, 0.1) is 0 Å². The van der Waals surface area contributed by atoms with Gasteiger partial charge in [0, 0.05) is 19.3 Å². The van der Waals surface area contributed by atoms with Crippen molar-refractivity contribution in [3.05, 3.63) is 85.1 Å². The lowest BCUT2D eigenvalue weighted by molar-refractivity contribution is -0.167. The van der Waals surface area contributed by atoms with Gasteiger partial charge in [-0.15, -0.1) is 0 Å². The van der Waals surface area contributed by atoms with Gasteiger partial charge >= 0.3 is 17.9 Å². The molecule has 0 aliphatic heterocycles. The topological polar surface area (TPSA) is 78.9 Å². The van der Waals surface area contributed by atoms with Crippen LogP contribution in [0.1, 0.15) is 297 Å². The summed E-state index contributed by atoms with van der Waals surface area (Å²) in [5, 5.41) is 0. The van der Waals surface area contributed by atoms with E-state index in [4.69, 9.17) is 14.2 Å². The van der Waals surface area contributed by atoms with Crippen LogP contribution >= 0.6 is 0 Å². The average molecular weight is 1000 g/mol. The molecule has 0 aromatic rings. The summed E-state index contributed by atoms with van der Waals surface area (Å²) in [5.41, 5.74) is 0. The lowest BCUT2D eigenvalue weighted by Crippen LogP contribution is -2.30. The maximum Gasteiger partial charge on any atom is 0.306 e. The Kier molecular flexibility index (Phi) is 57.3. The standard InChI is InChI=1S/C66H114O6/c1-4-7-10-13-16-19-22-25-28-30-32-33-35-36-38-41-44-47-50-53-56-59-65(68)71-62-63(61-70-64(67)58-55-52-49-46-43-40-27-24-21-18-15-12-9-6-3)72-66(69)60-57-54-51-48-45-42-39-37-34-31-29-26-23-20-17-14-11-8-5-2/h17,20,22,24-27,29-30,32,34-37,63H,4-16,18-19,21,23,28,31,33,38-62H2,1-3H3/b20-17-,25-22-,27-24-,29-26-,32-30-,36-35-,37-34-. The maximum atomic E-state index is 12.9. The van der Waals surface area contributed by atoms with Gasteiger partial charge in [0.25, 0.3) is 0 Å². The molecule has 414 valence electrons. The van der Waals surface area contributed by atoms with Crippen molar-refractivity contribution in [2.75, 3.05) is 13.2 Å². The molecule has 6 heteroatoms. The lowest BCUT2D eigenvalue weighted by Gasteiger charge is -2.18. The van der Waals surface area contributed by atoms with E-state index < -0.39 is 6.10 Å². The number of rotatable bonds is 55. The van der Waals surface area contributed by atoms with E-state index >= 15 is 0 Å². The molecular formula is C66H114O6. The molecule has 6 nitrogen and oxygen atoms in total. The van der Waals surface area contributed by atoms with Gasteiger partial charge in [-0.1, -0.05) is 241 Å². The first-order chi connectivity index (χ1) is 35.5. The van der Waals surface area contributed by atoms with Crippen LogP contribution in [0.4, 0.5) is 0 Å². The lowest BCUT2D eigenvalue weighted by atomic mass is 10.1. The van der Waals surface area contributed by atoms with E-state index in [1.54, 1.807) is 0 Å². The molecule has 0 rings (SSSR count). The molecule has 0 saturated heterocycles. The van der Waals surface area contributed by atoms with E-state index in [0.29, 0.717) is 19.3 Å². The Morgan fingerprint density at radius 1 is 0.278 bits per heavy atom. The first-order valence-corrected chi connectivity index (χ1v) is 30.6. The van der Waals surface area contributed by atoms with E-state index in [9.17, 15) is 14.4 Å². The van der Waals surface area contributed by atoms with Gasteiger partial charge in [0.15, 0.2) is 6.10 Å². The molecule has 1 unspecified atom stereocenters. The summed E-state index contributed by atoms with van der Waals surface area (Å²) in [7, 11) is 0. The summed E-state index contributed by atoms with van der Waals surface area (Å²) in [5.74, 6) is -0.916. The van der Waals surface area contributed by atoms with Gasteiger partial charge in [0.1, 0.15) is 13.2 Å². The van der Waals surface area contributed by atoms with Gasteiger partial charge in [0.2, 0.25) is 0 Å². The summed E-state index contributed by atoms with van der Waals surface area (Å²) in [6.45, 7) is 6.58. The Labute approximate surface area is 445 Å². The minimum Gasteiger partial charge on any atom is -0.462 e. The molecule has 0 N–H and O–H groups in total. The SMILES string of the molecule is CCCCC/C=C\C/C=C\C/C=C\CCCCCCCCC(=O)OC(COC(=O)CCCCCCC/C=C\CCCCCCC)COC(=O)CCCCCCCC/C=C\C/C=C\C/C=C\CCCCCCC. The van der Waals surface area contributed by atoms with Crippen LogP contribution in [-0.2, 0) is 28.6 Å². The van der Waals surface area contributed by atoms with Crippen LogP contribution in [0.15, 0.2) is 85.1 Å². The van der Waals surface area contributed by atoms with Crippen LogP contribution in [0.2, 0.25) is 0 Å². The number of hydrogen-bond donors (Lipinski definition) is 0. The largest absolute Gasteiger partial charge is 0.462 e. The fraction of sp³-hybridized carbons (Fsp3) is 0.742. The molecule has 0 spiro atoms. The van der Waals surface area contributed by atoms with E-state index in [1.807, 2.05) is 0 Å². The van der Waals surface area contributed by atoms with Gasteiger partial charge in [-0.3, -0.25) is 14.4 Å². The maximum absolute atomic E-state index is 12.9. The van der Waals surface area contributed by atoms with Crippen molar-refractivity contribution in [3.63, 3.8) is 0 Å². The Hall–Kier alpha value is -3.41. The molecule has 0 aromatic carbocycles. The Morgan fingerprint density at radius 2 is 0.500 bits per heavy atom. The van der Waals surface area contributed by atoms with Gasteiger partial charge in [-0.2, -0.15) is 0 Å². The highest BCUT2D eigenvalue weighted by Crippen LogP contribution is 2.15. The summed E-state index contributed by atoms with van der Waals surface area (Å²) in [6.07, 6.45) is 78.5. The highest BCUT2D eigenvalue weighted by molar-refractivity contribution is 5.71. The van der Waals surface area contributed by atoms with Crippen LogP contribution in [-0.4, -0.2) is 37.2 Å². The van der Waals surface area contributed by atoms with Gasteiger partial charge in [-0.05, 0) is 122 Å². The van der Waals surface area contributed by atoms with Crippen molar-refractivity contribution in [2.45, 2.75) is 303 Å². The quantitative estimate of drug-likeness (QED) is 0.0261. The minimum absolute atomic E-state index is 0.0904. The van der Waals surface area contributed by atoms with E-state index in [2.05, 4.69) is 106 Å². The summed E-state index contributed by atoms with van der Waals surface area (Å²) in [6, 6.07) is 0. The molecule has 0 amide bonds. The molecule has 0 fully saturated rings. The predicted octanol–water partition coefficient (Wildman–Crippen LogP) is 20.7. The first-order valence-electron chi connectivity index (χ1n) is 30.6. The van der Waals surface area contributed by atoms with Gasteiger partial charge in [0.05, 0.1) is 0 Å². The number of carbonyl (C=O) groups excluding carboxylic acids is 3. The minimum atomic E-state index is -0.794. The molecular weight excluding hydrogens is 889 g/mol. The third kappa shape index (κ3) is 57.5. The smallest absolute Gasteiger partial charge is 0.306 e. The monoisotopic (exact) mass is 1000 g/mol. The average Bonchev–Trinajstić information content (AvgIpc) is 3.38. The van der Waals surface area contributed by atoms with E-state index in [0.717, 1.165) is 109 Å². The second-order valence-corrected chi connectivity index (χ2v) is 20.2. The fourth-order valence-electron chi connectivity index (χ4n) is 8.45. The highest BCUT2D eigenvalue weighted by Gasteiger charge is 2.19. The molecule has 0 radical (unpaired) electrons. The van der Waals surface area contributed by atoms with Crippen LogP contribution in [0.5, 0.6) is 0 Å². The zero-order valence-electron chi connectivity index (χ0n) is 47.4. The second kappa shape index (κ2) is 60.1. The molecule has 0 aliphatic rings. The van der Waals surface area contributed by atoms with Crippen molar-refractivity contribution < 1.29 is 28.6 Å². The number of hydrogen-bond acceptors (Lipinski definition) is 6. The predicted molar refractivity (Wildman–Crippen MR) is 311 cm³/mol. The van der Waals surface area contributed by atoms with Crippen LogP contribution in [0.3, 0.4) is 0 Å². The Morgan fingerprint density at radius 3 is 0.819 bits per heavy atom. The van der Waals surface area contributed by atoms with Gasteiger partial charge in [-0.25, -0.2) is 0 Å². The van der Waals surface area contributed by atoms with Crippen LogP contribution < -0.4 is 0 Å². The molecule has 72 heavy (non-hydrogen) atoms. The van der Waals surface area contributed by atoms with E-state index in [-0.39, 0.29) is 31.1 Å².